The van der Waals surface area contributed by atoms with Gasteiger partial charge in [-0.2, -0.15) is 12.6 Å². The average molecular weight is 346 g/mol. The number of thiol groups is 1. The zero-order valence-electron chi connectivity index (χ0n) is 15.2. The van der Waals surface area contributed by atoms with Gasteiger partial charge in [-0.3, -0.25) is 4.79 Å². The third-order valence-corrected chi connectivity index (χ3v) is 4.64. The van der Waals surface area contributed by atoms with E-state index in [1.807, 2.05) is 0 Å². The van der Waals surface area contributed by atoms with E-state index >= 15 is 0 Å². The van der Waals surface area contributed by atoms with Crippen LogP contribution in [0.2, 0.25) is 0 Å². The number of rotatable bonds is 17. The maximum atomic E-state index is 11.3. The van der Waals surface area contributed by atoms with Crippen LogP contribution in [0, 0.1) is 0 Å². The maximum absolute atomic E-state index is 11.3. The van der Waals surface area contributed by atoms with Crippen molar-refractivity contribution in [2.45, 2.75) is 103 Å². The molecule has 0 aromatic heterocycles. The minimum Gasteiger partial charge on any atom is -0.465 e. The molecule has 0 radical (unpaired) electrons. The number of nitrogens with two attached hydrogens (primary N) is 1. The van der Waals surface area contributed by atoms with Crippen LogP contribution >= 0.6 is 12.6 Å². The lowest BCUT2D eigenvalue weighted by Crippen LogP contribution is -2.34. The predicted octanol–water partition coefficient (Wildman–Crippen LogP) is 5.27. The van der Waals surface area contributed by atoms with Gasteiger partial charge in [0.1, 0.15) is 6.04 Å². The van der Waals surface area contributed by atoms with E-state index in [1.165, 1.54) is 77.0 Å². The number of hydrogen-bond acceptors (Lipinski definition) is 4. The van der Waals surface area contributed by atoms with Gasteiger partial charge in [0.2, 0.25) is 0 Å². The van der Waals surface area contributed by atoms with Crippen LogP contribution in [0.4, 0.5) is 0 Å². The summed E-state index contributed by atoms with van der Waals surface area (Å²) in [7, 11) is 0. The first-order chi connectivity index (χ1) is 11.2. The third-order valence-electron chi connectivity index (χ3n) is 4.24. The van der Waals surface area contributed by atoms with Crippen molar-refractivity contribution in [2.75, 3.05) is 12.4 Å². The highest BCUT2D eigenvalue weighted by atomic mass is 32.1. The molecule has 0 bridgehead atoms. The molecule has 0 fully saturated rings. The molecule has 0 aliphatic rings. The summed E-state index contributed by atoms with van der Waals surface area (Å²) < 4.78 is 5.09. The lowest BCUT2D eigenvalue weighted by atomic mass is 10.0. The molecular formula is C19H39NO2S. The van der Waals surface area contributed by atoms with Crippen molar-refractivity contribution in [3.05, 3.63) is 0 Å². The molecule has 2 N–H and O–H groups in total. The Morgan fingerprint density at radius 3 is 1.61 bits per heavy atom. The average Bonchev–Trinajstić information content (AvgIpc) is 2.57. The Morgan fingerprint density at radius 2 is 1.22 bits per heavy atom. The van der Waals surface area contributed by atoms with Crippen molar-refractivity contribution < 1.29 is 9.53 Å². The Morgan fingerprint density at radius 1 is 0.826 bits per heavy atom. The highest BCUT2D eigenvalue weighted by molar-refractivity contribution is 7.80. The van der Waals surface area contributed by atoms with E-state index in [-0.39, 0.29) is 5.97 Å². The molecule has 0 aromatic carbocycles. The van der Waals surface area contributed by atoms with Crippen LogP contribution in [0.25, 0.3) is 0 Å². The van der Waals surface area contributed by atoms with E-state index in [4.69, 9.17) is 10.5 Å². The molecule has 0 saturated heterocycles. The van der Waals surface area contributed by atoms with Gasteiger partial charge < -0.3 is 10.5 Å². The quantitative estimate of drug-likeness (QED) is 0.214. The first kappa shape index (κ1) is 22.8. The van der Waals surface area contributed by atoms with Crippen molar-refractivity contribution in [2.24, 2.45) is 5.73 Å². The highest BCUT2D eigenvalue weighted by Crippen LogP contribution is 2.12. The number of unbranched alkanes of at least 4 members (excludes halogenated alkanes) is 13. The molecule has 0 amide bonds. The van der Waals surface area contributed by atoms with Gasteiger partial charge in [0.05, 0.1) is 6.61 Å². The van der Waals surface area contributed by atoms with Crippen LogP contribution in [0.15, 0.2) is 0 Å². The lowest BCUT2D eigenvalue weighted by Gasteiger charge is -2.08. The van der Waals surface area contributed by atoms with Gasteiger partial charge in [-0.15, -0.1) is 0 Å². The first-order valence-corrected chi connectivity index (χ1v) is 10.4. The molecule has 0 aromatic rings. The Balaban J connectivity index is 3.09. The number of ether oxygens (including phenoxy) is 1. The number of carbonyl (C=O) groups is 1. The van der Waals surface area contributed by atoms with Crippen molar-refractivity contribution in [1.29, 1.82) is 0 Å². The molecule has 0 saturated carbocycles. The lowest BCUT2D eigenvalue weighted by molar-refractivity contribution is -0.144. The molecule has 0 aliphatic carbocycles. The van der Waals surface area contributed by atoms with E-state index in [0.717, 1.165) is 12.8 Å². The van der Waals surface area contributed by atoms with Crippen molar-refractivity contribution in [3.8, 4) is 0 Å². The molecular weight excluding hydrogens is 306 g/mol. The summed E-state index contributed by atoms with van der Waals surface area (Å²) in [5, 5.41) is 0. The minimum atomic E-state index is -0.579. The smallest absolute Gasteiger partial charge is 0.323 e. The third kappa shape index (κ3) is 16.4. The van der Waals surface area contributed by atoms with E-state index in [0.29, 0.717) is 12.4 Å². The maximum Gasteiger partial charge on any atom is 0.323 e. The summed E-state index contributed by atoms with van der Waals surface area (Å²) in [5.41, 5.74) is 5.53. The summed E-state index contributed by atoms with van der Waals surface area (Å²) >= 11 is 3.98. The summed E-state index contributed by atoms with van der Waals surface area (Å²) in [4.78, 5) is 11.3. The molecule has 3 nitrogen and oxygen atoms in total. The zero-order chi connectivity index (χ0) is 17.2. The number of hydrogen-bond donors (Lipinski definition) is 2. The fourth-order valence-electron chi connectivity index (χ4n) is 2.65. The summed E-state index contributed by atoms with van der Waals surface area (Å²) in [5.74, 6) is 0.0205. The molecule has 23 heavy (non-hydrogen) atoms. The topological polar surface area (TPSA) is 52.3 Å². The monoisotopic (exact) mass is 345 g/mol. The first-order valence-electron chi connectivity index (χ1n) is 9.75. The van der Waals surface area contributed by atoms with Gasteiger partial charge >= 0.3 is 5.97 Å². The van der Waals surface area contributed by atoms with Crippen LogP contribution in [-0.4, -0.2) is 24.4 Å². The van der Waals surface area contributed by atoms with E-state index < -0.39 is 6.04 Å². The molecule has 0 rings (SSSR count). The van der Waals surface area contributed by atoms with Crippen molar-refractivity contribution in [3.63, 3.8) is 0 Å². The van der Waals surface area contributed by atoms with Gasteiger partial charge in [-0.25, -0.2) is 0 Å². The van der Waals surface area contributed by atoms with Crippen LogP contribution in [0.3, 0.4) is 0 Å². The van der Waals surface area contributed by atoms with Gasteiger partial charge in [0.15, 0.2) is 0 Å². The Labute approximate surface area is 149 Å². The fraction of sp³-hybridized carbons (Fsp3) is 0.947. The number of carbonyl (C=O) groups excluding carboxylic acids is 1. The van der Waals surface area contributed by atoms with Gasteiger partial charge in [-0.1, -0.05) is 90.4 Å². The SMILES string of the molecule is CCCCCCCCCCCCCCCCOC(=O)[C@@H](N)CS. The van der Waals surface area contributed by atoms with Crippen LogP contribution in [0.5, 0.6) is 0 Å². The summed E-state index contributed by atoms with van der Waals surface area (Å²) in [6.45, 7) is 2.77. The second kappa shape index (κ2) is 18.1. The van der Waals surface area contributed by atoms with E-state index in [9.17, 15) is 4.79 Å². The summed E-state index contributed by atoms with van der Waals surface area (Å²) in [6.07, 6.45) is 18.6. The Bertz CT molecular complexity index is 262. The van der Waals surface area contributed by atoms with E-state index in [2.05, 4.69) is 19.6 Å². The normalized spacial score (nSPS) is 12.3. The molecule has 4 heteroatoms. The summed E-state index contributed by atoms with van der Waals surface area (Å²) in [6, 6.07) is -0.579. The zero-order valence-corrected chi connectivity index (χ0v) is 16.1. The predicted molar refractivity (Wildman–Crippen MR) is 103 cm³/mol. The second-order valence-electron chi connectivity index (χ2n) is 6.55. The highest BCUT2D eigenvalue weighted by Gasteiger charge is 2.11. The van der Waals surface area contributed by atoms with Crippen LogP contribution in [0.1, 0.15) is 96.8 Å². The number of esters is 1. The molecule has 0 heterocycles. The minimum absolute atomic E-state index is 0.324. The molecule has 0 aliphatic heterocycles. The fourth-order valence-corrected chi connectivity index (χ4v) is 2.80. The largest absolute Gasteiger partial charge is 0.465 e. The Hall–Kier alpha value is -0.220. The molecule has 0 spiro atoms. The van der Waals surface area contributed by atoms with Gasteiger partial charge in [0, 0.05) is 5.75 Å². The molecule has 0 unspecified atom stereocenters. The van der Waals surface area contributed by atoms with Crippen LogP contribution in [-0.2, 0) is 9.53 Å². The van der Waals surface area contributed by atoms with Gasteiger partial charge in [-0.05, 0) is 6.42 Å². The van der Waals surface area contributed by atoms with Crippen molar-refractivity contribution >= 4 is 18.6 Å². The molecule has 1 atom stereocenters. The van der Waals surface area contributed by atoms with Crippen LogP contribution < -0.4 is 5.73 Å². The van der Waals surface area contributed by atoms with Gasteiger partial charge in [0.25, 0.3) is 0 Å². The molecule has 138 valence electrons. The van der Waals surface area contributed by atoms with E-state index in [1.54, 1.807) is 0 Å². The van der Waals surface area contributed by atoms with Crippen molar-refractivity contribution in [1.82, 2.24) is 0 Å². The standard InChI is InChI=1S/C19H39NO2S/c1-2-3-4-5-6-7-8-9-10-11-12-13-14-15-16-22-19(21)18(20)17-23/h18,23H,2-17,20H2,1H3/t18-/m0/s1. The second-order valence-corrected chi connectivity index (χ2v) is 6.92. The Kier molecular flexibility index (Phi) is 18.0.